The molecule has 0 aliphatic heterocycles. The van der Waals surface area contributed by atoms with E-state index in [0.717, 1.165) is 30.7 Å². The molecule has 1 heteroatoms. The van der Waals surface area contributed by atoms with E-state index in [-0.39, 0.29) is 5.41 Å². The molecule has 0 N–H and O–H groups in total. The summed E-state index contributed by atoms with van der Waals surface area (Å²) in [5.41, 5.74) is 3.93. The van der Waals surface area contributed by atoms with Crippen molar-refractivity contribution in [1.82, 2.24) is 0 Å². The number of carbonyl (C=O) groups is 1. The van der Waals surface area contributed by atoms with Crippen LogP contribution in [0.25, 0.3) is 0 Å². The normalized spacial score (nSPS) is 35.1. The summed E-state index contributed by atoms with van der Waals surface area (Å²) in [7, 11) is 0. The Morgan fingerprint density at radius 3 is 2.84 bits per heavy atom. The molecule has 3 aliphatic rings. The van der Waals surface area contributed by atoms with Crippen LogP contribution in [0.15, 0.2) is 30.4 Å². The standard InChI is InChI=1S/C18H20O/c1-2-12-4-6-16-14(7-12)10-18(11-17(16)19)9-13-3-5-15(18)8-13/h3-7,13,15H,2,8-11H2,1H3. The van der Waals surface area contributed by atoms with Gasteiger partial charge in [-0.2, -0.15) is 0 Å². The first-order valence-electron chi connectivity index (χ1n) is 7.53. The van der Waals surface area contributed by atoms with E-state index in [2.05, 4.69) is 37.3 Å². The van der Waals surface area contributed by atoms with E-state index < -0.39 is 0 Å². The zero-order valence-corrected chi connectivity index (χ0v) is 11.5. The summed E-state index contributed by atoms with van der Waals surface area (Å²) in [5.74, 6) is 1.78. The van der Waals surface area contributed by atoms with Crippen LogP contribution in [0.5, 0.6) is 0 Å². The topological polar surface area (TPSA) is 17.1 Å². The highest BCUT2D eigenvalue weighted by Crippen LogP contribution is 2.57. The van der Waals surface area contributed by atoms with Crippen LogP contribution >= 0.6 is 0 Å². The lowest BCUT2D eigenvalue weighted by molar-refractivity contribution is 0.0848. The second kappa shape index (κ2) is 3.82. The molecule has 1 aromatic rings. The van der Waals surface area contributed by atoms with E-state index in [1.54, 1.807) is 0 Å². The Morgan fingerprint density at radius 2 is 2.16 bits per heavy atom. The molecule has 3 unspecified atom stereocenters. The van der Waals surface area contributed by atoms with E-state index >= 15 is 0 Å². The molecule has 0 aromatic heterocycles. The first-order chi connectivity index (χ1) is 9.20. The molecule has 1 saturated carbocycles. The molecule has 0 radical (unpaired) electrons. The molecule has 0 saturated heterocycles. The maximum absolute atomic E-state index is 12.5. The van der Waals surface area contributed by atoms with Crippen LogP contribution in [0.2, 0.25) is 0 Å². The highest BCUT2D eigenvalue weighted by molar-refractivity contribution is 5.99. The van der Waals surface area contributed by atoms with E-state index in [0.29, 0.717) is 11.7 Å². The minimum absolute atomic E-state index is 0.260. The van der Waals surface area contributed by atoms with E-state index in [1.165, 1.54) is 24.0 Å². The molecule has 0 amide bonds. The number of aryl methyl sites for hydroxylation is 1. The van der Waals surface area contributed by atoms with E-state index in [4.69, 9.17) is 0 Å². The van der Waals surface area contributed by atoms with Crippen LogP contribution in [0, 0.1) is 17.3 Å². The van der Waals surface area contributed by atoms with Crippen molar-refractivity contribution in [3.05, 3.63) is 47.0 Å². The smallest absolute Gasteiger partial charge is 0.163 e. The number of allylic oxidation sites excluding steroid dienone is 2. The van der Waals surface area contributed by atoms with Crippen LogP contribution < -0.4 is 0 Å². The van der Waals surface area contributed by atoms with Crippen LogP contribution in [0.1, 0.15) is 47.7 Å². The summed E-state index contributed by atoms with van der Waals surface area (Å²) < 4.78 is 0. The number of carbonyl (C=O) groups excluding carboxylic acids is 1. The largest absolute Gasteiger partial charge is 0.294 e. The van der Waals surface area contributed by atoms with Gasteiger partial charge in [-0.1, -0.05) is 37.3 Å². The minimum Gasteiger partial charge on any atom is -0.294 e. The molecule has 19 heavy (non-hydrogen) atoms. The van der Waals surface area contributed by atoms with Gasteiger partial charge in [-0.25, -0.2) is 0 Å². The Kier molecular flexibility index (Phi) is 2.30. The van der Waals surface area contributed by atoms with Gasteiger partial charge < -0.3 is 0 Å². The van der Waals surface area contributed by atoms with Gasteiger partial charge in [0.2, 0.25) is 0 Å². The predicted molar refractivity (Wildman–Crippen MR) is 76.3 cm³/mol. The van der Waals surface area contributed by atoms with Gasteiger partial charge in [0, 0.05) is 12.0 Å². The minimum atomic E-state index is 0.260. The molecular formula is C18H20O. The monoisotopic (exact) mass is 252 g/mol. The zero-order chi connectivity index (χ0) is 13.0. The molecule has 4 rings (SSSR count). The lowest BCUT2D eigenvalue weighted by Gasteiger charge is -2.39. The second-order valence-electron chi connectivity index (χ2n) is 6.68. The molecule has 1 fully saturated rings. The van der Waals surface area contributed by atoms with Gasteiger partial charge in [0.15, 0.2) is 5.78 Å². The Hall–Kier alpha value is -1.37. The summed E-state index contributed by atoms with van der Waals surface area (Å²) >= 11 is 0. The first kappa shape index (κ1) is 11.5. The molecule has 98 valence electrons. The Labute approximate surface area is 114 Å². The Bertz CT molecular complexity index is 583. The van der Waals surface area contributed by atoms with E-state index in [9.17, 15) is 4.79 Å². The highest BCUT2D eigenvalue weighted by Gasteiger charge is 2.51. The third-order valence-electron chi connectivity index (χ3n) is 5.56. The van der Waals surface area contributed by atoms with Gasteiger partial charge in [-0.05, 0) is 54.1 Å². The molecular weight excluding hydrogens is 232 g/mol. The second-order valence-corrected chi connectivity index (χ2v) is 6.68. The summed E-state index contributed by atoms with van der Waals surface area (Å²) in [6.07, 6.45) is 10.2. The van der Waals surface area contributed by atoms with E-state index in [1.807, 2.05) is 0 Å². The van der Waals surface area contributed by atoms with Crippen LogP contribution in [-0.2, 0) is 12.8 Å². The highest BCUT2D eigenvalue weighted by atomic mass is 16.1. The summed E-state index contributed by atoms with van der Waals surface area (Å²) in [6, 6.07) is 6.46. The molecule has 0 heterocycles. The van der Waals surface area contributed by atoms with Gasteiger partial charge in [-0.3, -0.25) is 4.79 Å². The molecule has 1 aromatic carbocycles. The number of hydrogen-bond acceptors (Lipinski definition) is 1. The summed E-state index contributed by atoms with van der Waals surface area (Å²) in [6.45, 7) is 2.18. The van der Waals surface area contributed by atoms with Crippen molar-refractivity contribution in [2.75, 3.05) is 0 Å². The van der Waals surface area contributed by atoms with Gasteiger partial charge in [-0.15, -0.1) is 0 Å². The lowest BCUT2D eigenvalue weighted by atomic mass is 9.64. The number of benzene rings is 1. The average Bonchev–Trinajstić information content (AvgIpc) is 2.98. The number of ketones is 1. The molecule has 1 spiro atoms. The molecule has 2 bridgehead atoms. The van der Waals surface area contributed by atoms with Gasteiger partial charge >= 0.3 is 0 Å². The summed E-state index contributed by atoms with van der Waals surface area (Å²) in [4.78, 5) is 12.5. The van der Waals surface area contributed by atoms with Crippen molar-refractivity contribution in [1.29, 1.82) is 0 Å². The maximum atomic E-state index is 12.5. The van der Waals surface area contributed by atoms with Crippen molar-refractivity contribution >= 4 is 5.78 Å². The maximum Gasteiger partial charge on any atom is 0.163 e. The average molecular weight is 252 g/mol. The number of hydrogen-bond donors (Lipinski definition) is 0. The van der Waals surface area contributed by atoms with Crippen LogP contribution in [0.4, 0.5) is 0 Å². The predicted octanol–water partition coefficient (Wildman–Crippen LogP) is 3.96. The van der Waals surface area contributed by atoms with Gasteiger partial charge in [0.05, 0.1) is 0 Å². The fraction of sp³-hybridized carbons (Fsp3) is 0.500. The Morgan fingerprint density at radius 1 is 1.26 bits per heavy atom. The third-order valence-corrected chi connectivity index (χ3v) is 5.56. The number of Topliss-reactive ketones (excluding diaryl/α,β-unsaturated/α-hetero) is 1. The van der Waals surface area contributed by atoms with Gasteiger partial charge in [0.1, 0.15) is 0 Å². The zero-order valence-electron chi connectivity index (χ0n) is 11.5. The van der Waals surface area contributed by atoms with Gasteiger partial charge in [0.25, 0.3) is 0 Å². The van der Waals surface area contributed by atoms with Crippen molar-refractivity contribution < 1.29 is 4.79 Å². The fourth-order valence-corrected chi connectivity index (χ4v) is 4.60. The molecule has 3 atom stereocenters. The van der Waals surface area contributed by atoms with Crippen molar-refractivity contribution in [3.8, 4) is 0 Å². The first-order valence-corrected chi connectivity index (χ1v) is 7.53. The fourth-order valence-electron chi connectivity index (χ4n) is 4.60. The van der Waals surface area contributed by atoms with Crippen molar-refractivity contribution in [2.45, 2.75) is 39.0 Å². The molecule has 1 nitrogen and oxygen atoms in total. The SMILES string of the molecule is CCc1ccc2c(c1)CC1(CC2=O)CC2C=CC1C2. The summed E-state index contributed by atoms with van der Waals surface area (Å²) in [5, 5.41) is 0. The quantitative estimate of drug-likeness (QED) is 0.691. The number of rotatable bonds is 1. The third kappa shape index (κ3) is 1.57. The number of fused-ring (bicyclic) bond motifs is 4. The molecule has 3 aliphatic carbocycles. The van der Waals surface area contributed by atoms with Crippen LogP contribution in [-0.4, -0.2) is 5.78 Å². The van der Waals surface area contributed by atoms with Crippen LogP contribution in [0.3, 0.4) is 0 Å². The Balaban J connectivity index is 1.77. The lowest BCUT2D eigenvalue weighted by Crippen LogP contribution is -2.35. The van der Waals surface area contributed by atoms with Crippen molar-refractivity contribution in [3.63, 3.8) is 0 Å². The van der Waals surface area contributed by atoms with Crippen molar-refractivity contribution in [2.24, 2.45) is 17.3 Å².